The molecule has 0 aromatic heterocycles. The Kier molecular flexibility index (Phi) is 7.89. The highest BCUT2D eigenvalue weighted by atomic mass is 32.2. The lowest BCUT2D eigenvalue weighted by molar-refractivity contribution is -0.137. The number of thioether (sulfide) groups is 2. The van der Waals surface area contributed by atoms with Gasteiger partial charge in [-0.3, -0.25) is 19.2 Å². The summed E-state index contributed by atoms with van der Waals surface area (Å²) >= 11 is 2.18. The van der Waals surface area contributed by atoms with Gasteiger partial charge in [-0.25, -0.2) is 0 Å². The summed E-state index contributed by atoms with van der Waals surface area (Å²) in [5, 5.41) is 10.8. The fourth-order valence-electron chi connectivity index (χ4n) is 4.47. The zero-order valence-electron chi connectivity index (χ0n) is 23.2. The number of anilines is 4. The third kappa shape index (κ3) is 6.44. The van der Waals surface area contributed by atoms with Crippen molar-refractivity contribution < 1.29 is 32.3 Å². The summed E-state index contributed by atoms with van der Waals surface area (Å²) in [6.07, 6.45) is -4.49. The van der Waals surface area contributed by atoms with Gasteiger partial charge in [-0.2, -0.15) is 13.2 Å². The number of rotatable bonds is 4. The number of fused-ring (bicyclic) bond motifs is 2. The summed E-state index contributed by atoms with van der Waals surface area (Å²) < 4.78 is 38.5. The Morgan fingerprint density at radius 3 is 1.49 bits per heavy atom. The van der Waals surface area contributed by atoms with E-state index >= 15 is 0 Å². The van der Waals surface area contributed by atoms with E-state index in [1.807, 2.05) is 19.1 Å². The summed E-state index contributed by atoms with van der Waals surface area (Å²) in [7, 11) is 0. The van der Waals surface area contributed by atoms with Crippen molar-refractivity contribution in [3.8, 4) is 0 Å². The van der Waals surface area contributed by atoms with Crippen molar-refractivity contribution in [2.45, 2.75) is 22.9 Å². The molecule has 2 aliphatic rings. The Balaban J connectivity index is 1.17. The molecule has 13 heteroatoms. The number of amides is 4. The molecule has 4 amide bonds. The van der Waals surface area contributed by atoms with Gasteiger partial charge >= 0.3 is 6.18 Å². The normalized spacial score (nSPS) is 15.7. The first-order valence-corrected chi connectivity index (χ1v) is 15.0. The standard InChI is InChI=1S/C32H21F3N4O4S2/c1-16-2-8-20(9-3-16)36-28(40)17-4-12-24-22(14-17)38-30(42)26(44-24)27-31(43)39-23-15-18(5-13-25(23)45-27)29(41)37-21-10-6-19(7-11-21)32(33,34)35/h2-15H,1H3,(H,36,40)(H,37,41)(H,38,42)(H,39,43)/b27-26-. The van der Waals surface area contributed by atoms with Crippen molar-refractivity contribution in [2.75, 3.05) is 21.3 Å². The number of carbonyl (C=O) groups is 4. The molecule has 226 valence electrons. The van der Waals surface area contributed by atoms with Gasteiger partial charge in [-0.1, -0.05) is 41.2 Å². The SMILES string of the molecule is Cc1ccc(NC(=O)c2ccc3c(c2)NC(=O)/C(=C2/Sc4ccc(C(=O)Nc5ccc(C(F)(F)F)cc5)cc4NC2=O)S3)cc1. The molecule has 2 heterocycles. The first-order chi connectivity index (χ1) is 21.4. The molecule has 0 fully saturated rings. The van der Waals surface area contributed by atoms with E-state index in [9.17, 15) is 32.3 Å². The maximum atomic E-state index is 13.1. The lowest BCUT2D eigenvalue weighted by Gasteiger charge is -2.24. The number of aryl methyl sites for hydroxylation is 1. The smallest absolute Gasteiger partial charge is 0.322 e. The molecule has 0 spiro atoms. The molecule has 2 aliphatic heterocycles. The molecule has 0 unspecified atom stereocenters. The Morgan fingerprint density at radius 1 is 0.644 bits per heavy atom. The fraction of sp³-hybridized carbons (Fsp3) is 0.0625. The van der Waals surface area contributed by atoms with Gasteiger partial charge in [0.1, 0.15) is 0 Å². The van der Waals surface area contributed by atoms with Crippen molar-refractivity contribution >= 4 is 69.9 Å². The third-order valence-corrected chi connectivity index (χ3v) is 9.27. The van der Waals surface area contributed by atoms with Gasteiger partial charge in [0.05, 0.1) is 26.7 Å². The molecule has 0 aliphatic carbocycles. The van der Waals surface area contributed by atoms with Crippen LogP contribution in [0.1, 0.15) is 31.8 Å². The van der Waals surface area contributed by atoms with Crippen molar-refractivity contribution in [1.29, 1.82) is 0 Å². The highest BCUT2D eigenvalue weighted by Crippen LogP contribution is 2.47. The van der Waals surface area contributed by atoms with Crippen molar-refractivity contribution in [1.82, 2.24) is 0 Å². The number of hydrogen-bond donors (Lipinski definition) is 4. The molecule has 45 heavy (non-hydrogen) atoms. The first-order valence-electron chi connectivity index (χ1n) is 13.3. The van der Waals surface area contributed by atoms with E-state index in [1.165, 1.54) is 12.1 Å². The van der Waals surface area contributed by atoms with Crippen LogP contribution in [0.4, 0.5) is 35.9 Å². The average Bonchev–Trinajstić information content (AvgIpc) is 3.01. The van der Waals surface area contributed by atoms with Gasteiger partial charge in [0.15, 0.2) is 0 Å². The molecule has 0 bridgehead atoms. The average molecular weight is 647 g/mol. The summed E-state index contributed by atoms with van der Waals surface area (Å²) in [5.74, 6) is -1.96. The monoisotopic (exact) mass is 646 g/mol. The number of hydrogen-bond acceptors (Lipinski definition) is 6. The largest absolute Gasteiger partial charge is 0.416 e. The van der Waals surface area contributed by atoms with Crippen LogP contribution in [0.5, 0.6) is 0 Å². The molecule has 0 atom stereocenters. The molecule has 0 saturated heterocycles. The molecule has 4 aromatic rings. The second-order valence-electron chi connectivity index (χ2n) is 10.0. The van der Waals surface area contributed by atoms with Crippen LogP contribution in [0.2, 0.25) is 0 Å². The lowest BCUT2D eigenvalue weighted by Crippen LogP contribution is -2.25. The predicted molar refractivity (Wildman–Crippen MR) is 167 cm³/mol. The molecule has 6 rings (SSSR count). The predicted octanol–water partition coefficient (Wildman–Crippen LogP) is 7.52. The van der Waals surface area contributed by atoms with Crippen LogP contribution in [0.15, 0.2) is 105 Å². The zero-order chi connectivity index (χ0) is 31.9. The zero-order valence-corrected chi connectivity index (χ0v) is 24.8. The van der Waals surface area contributed by atoms with Crippen LogP contribution in [0.25, 0.3) is 0 Å². The maximum absolute atomic E-state index is 13.1. The minimum absolute atomic E-state index is 0.166. The van der Waals surface area contributed by atoms with Crippen LogP contribution in [0, 0.1) is 6.92 Å². The first kappa shape index (κ1) is 30.0. The van der Waals surface area contributed by atoms with Crippen LogP contribution >= 0.6 is 23.5 Å². The summed E-state index contributed by atoms with van der Waals surface area (Å²) in [4.78, 5) is 53.3. The minimum Gasteiger partial charge on any atom is -0.322 e. The van der Waals surface area contributed by atoms with E-state index < -0.39 is 29.5 Å². The molecule has 4 aromatic carbocycles. The number of halogens is 3. The van der Waals surface area contributed by atoms with Crippen molar-refractivity contribution in [3.63, 3.8) is 0 Å². The summed E-state index contributed by atoms with van der Waals surface area (Å²) in [5.41, 5.74) is 2.35. The molecule has 4 N–H and O–H groups in total. The topological polar surface area (TPSA) is 116 Å². The number of nitrogens with one attached hydrogen (secondary N) is 4. The van der Waals surface area contributed by atoms with Gasteiger partial charge in [0, 0.05) is 32.3 Å². The van der Waals surface area contributed by atoms with E-state index in [0.717, 1.165) is 53.4 Å². The maximum Gasteiger partial charge on any atom is 0.416 e. The Hall–Kier alpha value is -5.01. The van der Waals surface area contributed by atoms with Gasteiger partial charge in [0.2, 0.25) is 0 Å². The van der Waals surface area contributed by atoms with E-state index in [-0.39, 0.29) is 27.0 Å². The quantitative estimate of drug-likeness (QED) is 0.171. The van der Waals surface area contributed by atoms with E-state index in [4.69, 9.17) is 0 Å². The van der Waals surface area contributed by atoms with Gasteiger partial charge in [-0.05, 0) is 79.7 Å². The molecule has 0 saturated carbocycles. The lowest BCUT2D eigenvalue weighted by atomic mass is 10.1. The summed E-state index contributed by atoms with van der Waals surface area (Å²) in [6, 6.07) is 20.9. The van der Waals surface area contributed by atoms with E-state index in [0.29, 0.717) is 32.4 Å². The fourth-order valence-corrected chi connectivity index (χ4v) is 6.53. The van der Waals surface area contributed by atoms with Gasteiger partial charge in [-0.15, -0.1) is 0 Å². The van der Waals surface area contributed by atoms with E-state index in [1.54, 1.807) is 36.4 Å². The van der Waals surface area contributed by atoms with Crippen molar-refractivity contribution in [3.05, 3.63) is 117 Å². The third-order valence-electron chi connectivity index (χ3n) is 6.80. The number of carbonyl (C=O) groups excluding carboxylic acids is 4. The molecular formula is C32H21F3N4O4S2. The number of benzene rings is 4. The highest BCUT2D eigenvalue weighted by molar-refractivity contribution is 8.08. The Labute approximate surface area is 262 Å². The van der Waals surface area contributed by atoms with Gasteiger partial charge < -0.3 is 21.3 Å². The molecule has 0 radical (unpaired) electrons. The second-order valence-corrected chi connectivity index (χ2v) is 12.1. The van der Waals surface area contributed by atoms with Gasteiger partial charge in [0.25, 0.3) is 23.6 Å². The van der Waals surface area contributed by atoms with Crippen LogP contribution in [-0.2, 0) is 15.8 Å². The van der Waals surface area contributed by atoms with E-state index in [2.05, 4.69) is 21.3 Å². The van der Waals surface area contributed by atoms with Crippen LogP contribution < -0.4 is 21.3 Å². The highest BCUT2D eigenvalue weighted by Gasteiger charge is 2.32. The minimum atomic E-state index is -4.49. The van der Waals surface area contributed by atoms with Crippen LogP contribution in [-0.4, -0.2) is 23.6 Å². The Morgan fingerprint density at radius 2 is 1.07 bits per heavy atom. The molecule has 8 nitrogen and oxygen atoms in total. The number of alkyl halides is 3. The van der Waals surface area contributed by atoms with Crippen molar-refractivity contribution in [2.24, 2.45) is 0 Å². The summed E-state index contributed by atoms with van der Waals surface area (Å²) in [6.45, 7) is 1.95. The Bertz CT molecular complexity index is 1920. The second kappa shape index (κ2) is 11.8. The molecular weight excluding hydrogens is 626 g/mol. The van der Waals surface area contributed by atoms with Crippen LogP contribution in [0.3, 0.4) is 0 Å².